The van der Waals surface area contributed by atoms with Gasteiger partial charge in [0.2, 0.25) is 6.79 Å². The molecule has 0 spiro atoms. The molecule has 0 amide bonds. The third-order valence-corrected chi connectivity index (χ3v) is 4.80. The van der Waals surface area contributed by atoms with Crippen molar-refractivity contribution in [2.24, 2.45) is 10.9 Å². The van der Waals surface area contributed by atoms with Crippen LogP contribution in [0.3, 0.4) is 0 Å². The zero-order valence-electron chi connectivity index (χ0n) is 16.4. The predicted octanol–water partition coefficient (Wildman–Crippen LogP) is 1.91. The molecule has 0 radical (unpaired) electrons. The van der Waals surface area contributed by atoms with E-state index in [2.05, 4.69) is 23.2 Å². The normalized spacial score (nSPS) is 19.0. The number of fused-ring (bicyclic) bond motifs is 1. The Labute approximate surface area is 161 Å². The van der Waals surface area contributed by atoms with E-state index in [0.717, 1.165) is 63.1 Å². The number of likely N-dealkylation sites (tertiary alicyclic amines) is 1. The number of hydrogen-bond donors (Lipinski definition) is 1. The molecule has 7 heteroatoms. The lowest BCUT2D eigenvalue weighted by Gasteiger charge is -2.21. The maximum Gasteiger partial charge on any atom is 0.231 e. The van der Waals surface area contributed by atoms with Crippen LogP contribution in [0.5, 0.6) is 11.5 Å². The highest BCUT2D eigenvalue weighted by Gasteiger charge is 2.25. The molecule has 150 valence electrons. The van der Waals surface area contributed by atoms with Crippen LogP contribution in [0.1, 0.15) is 18.9 Å². The zero-order chi connectivity index (χ0) is 18.9. The van der Waals surface area contributed by atoms with E-state index in [-0.39, 0.29) is 0 Å². The third-order valence-electron chi connectivity index (χ3n) is 4.80. The molecule has 2 aliphatic rings. The Kier molecular flexibility index (Phi) is 7.59. The number of guanidine groups is 1. The molecular formula is C20H31N3O4. The summed E-state index contributed by atoms with van der Waals surface area (Å²) in [6.07, 6.45) is 2.02. The fraction of sp³-hybridized carbons (Fsp3) is 0.650. The molecule has 0 aliphatic carbocycles. The van der Waals surface area contributed by atoms with Crippen LogP contribution in [0.15, 0.2) is 23.2 Å². The summed E-state index contributed by atoms with van der Waals surface area (Å²) in [5, 5.41) is 3.42. The molecule has 0 aromatic heterocycles. The van der Waals surface area contributed by atoms with Gasteiger partial charge < -0.3 is 29.2 Å². The molecule has 3 rings (SSSR count). The summed E-state index contributed by atoms with van der Waals surface area (Å²) in [5.41, 5.74) is 1.21. The molecule has 2 aliphatic heterocycles. The minimum Gasteiger partial charge on any atom is -0.454 e. The van der Waals surface area contributed by atoms with Gasteiger partial charge in [0.05, 0.1) is 19.8 Å². The van der Waals surface area contributed by atoms with Crippen LogP contribution in [0.2, 0.25) is 0 Å². The van der Waals surface area contributed by atoms with E-state index in [1.807, 2.05) is 12.1 Å². The molecule has 7 nitrogen and oxygen atoms in total. The summed E-state index contributed by atoms with van der Waals surface area (Å²) < 4.78 is 21.5. The number of nitrogens with zero attached hydrogens (tertiary/aromatic N) is 2. The molecule has 1 fully saturated rings. The number of ether oxygens (including phenoxy) is 4. The number of methoxy groups -OCH3 is 1. The standard InChI is InChI=1S/C20H31N3O4/c1-3-21-20(23-9-7-17(13-23)14-25-11-10-24-2)22-8-6-16-4-5-18-19(12-16)27-15-26-18/h4-5,12,17H,3,6-11,13-15H2,1-2H3,(H,21,22). The van der Waals surface area contributed by atoms with Gasteiger partial charge in [-0.15, -0.1) is 0 Å². The summed E-state index contributed by atoms with van der Waals surface area (Å²) in [6.45, 7) is 8.15. The fourth-order valence-corrected chi connectivity index (χ4v) is 3.37. The van der Waals surface area contributed by atoms with Gasteiger partial charge in [-0.3, -0.25) is 4.99 Å². The number of rotatable bonds is 9. The molecule has 0 bridgehead atoms. The van der Waals surface area contributed by atoms with Gasteiger partial charge in [-0.05, 0) is 37.5 Å². The molecule has 1 saturated heterocycles. The number of hydrogen-bond acceptors (Lipinski definition) is 5. The van der Waals surface area contributed by atoms with Crippen LogP contribution in [-0.2, 0) is 15.9 Å². The summed E-state index contributed by atoms with van der Waals surface area (Å²) in [7, 11) is 1.70. The number of benzene rings is 1. The van der Waals surface area contributed by atoms with Gasteiger partial charge >= 0.3 is 0 Å². The van der Waals surface area contributed by atoms with Gasteiger partial charge in [0, 0.05) is 39.2 Å². The smallest absolute Gasteiger partial charge is 0.231 e. The van der Waals surface area contributed by atoms with Crippen molar-refractivity contribution in [3.8, 4) is 11.5 Å². The average Bonchev–Trinajstić information content (AvgIpc) is 3.33. The van der Waals surface area contributed by atoms with Gasteiger partial charge in [0.25, 0.3) is 0 Å². The Morgan fingerprint density at radius 1 is 1.30 bits per heavy atom. The van der Waals surface area contributed by atoms with Crippen LogP contribution in [0.25, 0.3) is 0 Å². The maximum atomic E-state index is 5.69. The van der Waals surface area contributed by atoms with Gasteiger partial charge in [-0.2, -0.15) is 0 Å². The third kappa shape index (κ3) is 5.74. The van der Waals surface area contributed by atoms with Crippen molar-refractivity contribution in [3.63, 3.8) is 0 Å². The predicted molar refractivity (Wildman–Crippen MR) is 105 cm³/mol. The summed E-state index contributed by atoms with van der Waals surface area (Å²) in [4.78, 5) is 7.17. The van der Waals surface area contributed by atoms with E-state index in [9.17, 15) is 0 Å². The lowest BCUT2D eigenvalue weighted by molar-refractivity contribution is 0.0536. The van der Waals surface area contributed by atoms with Crippen molar-refractivity contribution in [1.29, 1.82) is 0 Å². The van der Waals surface area contributed by atoms with Crippen molar-refractivity contribution >= 4 is 5.96 Å². The molecule has 1 unspecified atom stereocenters. The minimum atomic E-state index is 0.312. The maximum absolute atomic E-state index is 5.69. The highest BCUT2D eigenvalue weighted by molar-refractivity contribution is 5.80. The van der Waals surface area contributed by atoms with E-state index in [1.54, 1.807) is 7.11 Å². The van der Waals surface area contributed by atoms with E-state index in [0.29, 0.717) is 25.9 Å². The first-order valence-corrected chi connectivity index (χ1v) is 9.78. The second-order valence-corrected chi connectivity index (χ2v) is 6.84. The lowest BCUT2D eigenvalue weighted by Crippen LogP contribution is -2.40. The topological polar surface area (TPSA) is 64.6 Å². The first-order chi connectivity index (χ1) is 13.3. The highest BCUT2D eigenvalue weighted by Crippen LogP contribution is 2.32. The first kappa shape index (κ1) is 19.8. The van der Waals surface area contributed by atoms with Crippen LogP contribution < -0.4 is 14.8 Å². The quantitative estimate of drug-likeness (QED) is 0.403. The summed E-state index contributed by atoms with van der Waals surface area (Å²) in [5.74, 6) is 3.21. The van der Waals surface area contributed by atoms with Crippen LogP contribution in [-0.4, -0.2) is 70.8 Å². The molecule has 2 heterocycles. The van der Waals surface area contributed by atoms with Crippen molar-refractivity contribution in [1.82, 2.24) is 10.2 Å². The van der Waals surface area contributed by atoms with Crippen LogP contribution in [0.4, 0.5) is 0 Å². The largest absolute Gasteiger partial charge is 0.454 e. The van der Waals surface area contributed by atoms with Crippen molar-refractivity contribution in [2.75, 3.05) is 59.9 Å². The SMILES string of the molecule is CCNC(=NCCc1ccc2c(c1)OCO2)N1CCC(COCCOC)C1. The lowest BCUT2D eigenvalue weighted by atomic mass is 10.1. The zero-order valence-corrected chi connectivity index (χ0v) is 16.4. The molecular weight excluding hydrogens is 346 g/mol. The van der Waals surface area contributed by atoms with E-state index in [4.69, 9.17) is 23.9 Å². The minimum absolute atomic E-state index is 0.312. The Hall–Kier alpha value is -1.99. The molecule has 1 aromatic rings. The molecule has 0 saturated carbocycles. The Balaban J connectivity index is 1.48. The molecule has 27 heavy (non-hydrogen) atoms. The fourth-order valence-electron chi connectivity index (χ4n) is 3.37. The summed E-state index contributed by atoms with van der Waals surface area (Å²) in [6, 6.07) is 6.11. The van der Waals surface area contributed by atoms with Crippen molar-refractivity contribution < 1.29 is 18.9 Å². The van der Waals surface area contributed by atoms with E-state index < -0.39 is 0 Å². The van der Waals surface area contributed by atoms with Crippen molar-refractivity contribution in [3.05, 3.63) is 23.8 Å². The monoisotopic (exact) mass is 377 g/mol. The number of aliphatic imine (C=N–C) groups is 1. The molecule has 1 atom stereocenters. The second kappa shape index (κ2) is 10.4. The van der Waals surface area contributed by atoms with E-state index in [1.165, 1.54) is 5.56 Å². The van der Waals surface area contributed by atoms with Gasteiger partial charge in [-0.1, -0.05) is 6.07 Å². The highest BCUT2D eigenvalue weighted by atomic mass is 16.7. The van der Waals surface area contributed by atoms with Crippen molar-refractivity contribution in [2.45, 2.75) is 19.8 Å². The molecule has 1 N–H and O–H groups in total. The average molecular weight is 377 g/mol. The van der Waals surface area contributed by atoms with E-state index >= 15 is 0 Å². The number of nitrogens with one attached hydrogen (secondary N) is 1. The Morgan fingerprint density at radius 2 is 2.19 bits per heavy atom. The Bertz CT molecular complexity index is 623. The second-order valence-electron chi connectivity index (χ2n) is 6.84. The van der Waals surface area contributed by atoms with Gasteiger partial charge in [0.15, 0.2) is 17.5 Å². The van der Waals surface area contributed by atoms with Gasteiger partial charge in [0.1, 0.15) is 0 Å². The molecule has 1 aromatic carbocycles. The first-order valence-electron chi connectivity index (χ1n) is 9.78. The summed E-state index contributed by atoms with van der Waals surface area (Å²) >= 11 is 0. The van der Waals surface area contributed by atoms with Gasteiger partial charge in [-0.25, -0.2) is 0 Å². The van der Waals surface area contributed by atoms with Crippen LogP contribution >= 0.6 is 0 Å². The Morgan fingerprint density at radius 3 is 3.04 bits per heavy atom. The van der Waals surface area contributed by atoms with Crippen LogP contribution in [0, 0.1) is 5.92 Å².